The molecule has 0 aliphatic rings. The second kappa shape index (κ2) is 5.91. The Morgan fingerprint density at radius 3 is 2.56 bits per heavy atom. The fourth-order valence-corrected chi connectivity index (χ4v) is 1.97. The number of hydrogen-bond donors (Lipinski definition) is 2. The van der Waals surface area contributed by atoms with Gasteiger partial charge in [0.25, 0.3) is 0 Å². The Kier molecular flexibility index (Phi) is 4.25. The second-order valence-corrected chi connectivity index (χ2v) is 4.42. The number of unbranched alkanes of at least 4 members (excludes halogenated alkanes) is 3. The number of hydrogen-bond acceptors (Lipinski definition) is 2. The average Bonchev–Trinajstić information content (AvgIpc) is 2.71. The molecule has 0 aliphatic carbocycles. The summed E-state index contributed by atoms with van der Waals surface area (Å²) in [4.78, 5) is 7.26. The van der Waals surface area contributed by atoms with Crippen molar-refractivity contribution in [3.63, 3.8) is 0 Å². The van der Waals surface area contributed by atoms with E-state index in [-0.39, 0.29) is 0 Å². The van der Waals surface area contributed by atoms with Crippen LogP contribution in [0.3, 0.4) is 0 Å². The van der Waals surface area contributed by atoms with Crippen molar-refractivity contribution in [3.05, 3.63) is 29.6 Å². The molecule has 0 spiro atoms. The highest BCUT2D eigenvalue weighted by Crippen LogP contribution is 2.17. The van der Waals surface area contributed by atoms with Gasteiger partial charge in [0.2, 0.25) is 0 Å². The van der Waals surface area contributed by atoms with Gasteiger partial charge in [0.1, 0.15) is 5.82 Å². The first-order valence-electron chi connectivity index (χ1n) is 6.24. The number of halogens is 2. The second-order valence-electron chi connectivity index (χ2n) is 4.42. The third kappa shape index (κ3) is 3.04. The molecule has 18 heavy (non-hydrogen) atoms. The van der Waals surface area contributed by atoms with Crippen molar-refractivity contribution in [2.24, 2.45) is 5.73 Å². The van der Waals surface area contributed by atoms with Gasteiger partial charge >= 0.3 is 0 Å². The first kappa shape index (κ1) is 13.0. The molecule has 1 aromatic heterocycles. The number of nitrogens with zero attached hydrogens (tertiary/aromatic N) is 1. The maximum absolute atomic E-state index is 13.0. The number of aryl methyl sites for hydroxylation is 1. The van der Waals surface area contributed by atoms with Crippen LogP contribution >= 0.6 is 0 Å². The topological polar surface area (TPSA) is 54.7 Å². The molecule has 0 amide bonds. The average molecular weight is 253 g/mol. The quantitative estimate of drug-likeness (QED) is 0.778. The van der Waals surface area contributed by atoms with Crippen molar-refractivity contribution in [1.29, 1.82) is 0 Å². The first-order chi connectivity index (χ1) is 8.70. The van der Waals surface area contributed by atoms with Crippen molar-refractivity contribution in [2.45, 2.75) is 32.1 Å². The molecule has 2 rings (SSSR count). The van der Waals surface area contributed by atoms with E-state index in [4.69, 9.17) is 5.73 Å². The molecule has 0 atom stereocenters. The maximum atomic E-state index is 13.0. The molecule has 0 radical (unpaired) electrons. The predicted molar refractivity (Wildman–Crippen MR) is 67.2 cm³/mol. The van der Waals surface area contributed by atoms with Crippen LogP contribution in [0.2, 0.25) is 0 Å². The lowest BCUT2D eigenvalue weighted by Gasteiger charge is -1.97. The molecule has 5 heteroatoms. The monoisotopic (exact) mass is 253 g/mol. The molecular weight excluding hydrogens is 236 g/mol. The summed E-state index contributed by atoms with van der Waals surface area (Å²) in [6.45, 7) is 0.725. The first-order valence-corrected chi connectivity index (χ1v) is 6.24. The van der Waals surface area contributed by atoms with E-state index in [2.05, 4.69) is 9.97 Å². The van der Waals surface area contributed by atoms with Gasteiger partial charge in [-0.2, -0.15) is 0 Å². The number of rotatable bonds is 6. The van der Waals surface area contributed by atoms with E-state index < -0.39 is 11.6 Å². The molecule has 3 nitrogen and oxygen atoms in total. The van der Waals surface area contributed by atoms with E-state index >= 15 is 0 Å². The molecule has 1 aromatic carbocycles. The number of aromatic amines is 1. The van der Waals surface area contributed by atoms with Crippen LogP contribution in [0.25, 0.3) is 11.0 Å². The summed E-state index contributed by atoms with van der Waals surface area (Å²) >= 11 is 0. The molecular formula is C13H17F2N3. The minimum absolute atomic E-state index is 0.478. The molecule has 3 N–H and O–H groups in total. The minimum atomic E-state index is -0.858. The number of aromatic nitrogens is 2. The van der Waals surface area contributed by atoms with Crippen molar-refractivity contribution < 1.29 is 8.78 Å². The van der Waals surface area contributed by atoms with Gasteiger partial charge in [0.05, 0.1) is 11.0 Å². The van der Waals surface area contributed by atoms with E-state index in [1.165, 1.54) is 0 Å². The van der Waals surface area contributed by atoms with Gasteiger partial charge in [-0.15, -0.1) is 0 Å². The summed E-state index contributed by atoms with van der Waals surface area (Å²) in [7, 11) is 0. The van der Waals surface area contributed by atoms with E-state index in [1.54, 1.807) is 0 Å². The van der Waals surface area contributed by atoms with Crippen LogP contribution in [0.4, 0.5) is 8.78 Å². The van der Waals surface area contributed by atoms with E-state index in [0.717, 1.165) is 56.6 Å². The number of H-pyrrole nitrogens is 1. The lowest BCUT2D eigenvalue weighted by molar-refractivity contribution is 0.510. The summed E-state index contributed by atoms with van der Waals surface area (Å²) in [5, 5.41) is 0. The van der Waals surface area contributed by atoms with Crippen LogP contribution in [-0.2, 0) is 6.42 Å². The fraction of sp³-hybridized carbons (Fsp3) is 0.462. The van der Waals surface area contributed by atoms with Gasteiger partial charge in [-0.1, -0.05) is 12.8 Å². The summed E-state index contributed by atoms with van der Waals surface area (Å²) in [5.74, 6) is -0.924. The number of nitrogens with two attached hydrogens (primary N) is 1. The van der Waals surface area contributed by atoms with Crippen LogP contribution < -0.4 is 5.73 Å². The lowest BCUT2D eigenvalue weighted by atomic mass is 10.1. The fourth-order valence-electron chi connectivity index (χ4n) is 1.97. The van der Waals surface area contributed by atoms with Crippen LogP contribution in [0, 0.1) is 11.6 Å². The van der Waals surface area contributed by atoms with Gasteiger partial charge in [-0.3, -0.25) is 0 Å². The van der Waals surface area contributed by atoms with E-state index in [0.29, 0.717) is 11.0 Å². The molecule has 0 fully saturated rings. The largest absolute Gasteiger partial charge is 0.342 e. The number of fused-ring (bicyclic) bond motifs is 1. The van der Waals surface area contributed by atoms with E-state index in [1.807, 2.05) is 0 Å². The Labute approximate surface area is 104 Å². The van der Waals surface area contributed by atoms with Crippen LogP contribution in [0.5, 0.6) is 0 Å². The van der Waals surface area contributed by atoms with Crippen molar-refractivity contribution in [1.82, 2.24) is 9.97 Å². The zero-order valence-corrected chi connectivity index (χ0v) is 10.2. The normalized spacial score (nSPS) is 11.3. The summed E-state index contributed by atoms with van der Waals surface area (Å²) < 4.78 is 26.0. The van der Waals surface area contributed by atoms with E-state index in [9.17, 15) is 8.78 Å². The number of benzene rings is 1. The smallest absolute Gasteiger partial charge is 0.161 e. The van der Waals surface area contributed by atoms with Crippen LogP contribution in [-0.4, -0.2) is 16.5 Å². The molecule has 98 valence electrons. The number of imidazole rings is 1. The highest BCUT2D eigenvalue weighted by Gasteiger charge is 2.08. The predicted octanol–water partition coefficient (Wildman–Crippen LogP) is 2.90. The molecule has 2 aromatic rings. The lowest BCUT2D eigenvalue weighted by Crippen LogP contribution is -1.98. The summed E-state index contributed by atoms with van der Waals surface area (Å²) in [6.07, 6.45) is 5.04. The Bertz CT molecular complexity index is 483. The van der Waals surface area contributed by atoms with Gasteiger partial charge in [-0.25, -0.2) is 13.8 Å². The Morgan fingerprint density at radius 2 is 1.78 bits per heavy atom. The Morgan fingerprint density at radius 1 is 1.06 bits per heavy atom. The zero-order valence-electron chi connectivity index (χ0n) is 10.2. The van der Waals surface area contributed by atoms with Gasteiger partial charge in [0, 0.05) is 18.6 Å². The van der Waals surface area contributed by atoms with Crippen molar-refractivity contribution in [2.75, 3.05) is 6.54 Å². The summed E-state index contributed by atoms with van der Waals surface area (Å²) in [5.41, 5.74) is 6.44. The van der Waals surface area contributed by atoms with Crippen molar-refractivity contribution in [3.8, 4) is 0 Å². The highest BCUT2D eigenvalue weighted by molar-refractivity contribution is 5.75. The van der Waals surface area contributed by atoms with Gasteiger partial charge < -0.3 is 10.7 Å². The standard InChI is InChI=1S/C13H17F2N3/c14-9-7-11-12(8-10(9)15)18-13(17-11)5-3-1-2-4-6-16/h7-8H,1-6,16H2,(H,17,18). The maximum Gasteiger partial charge on any atom is 0.161 e. The third-order valence-corrected chi connectivity index (χ3v) is 2.94. The Balaban J connectivity index is 1.97. The van der Waals surface area contributed by atoms with Crippen LogP contribution in [0.1, 0.15) is 31.5 Å². The molecule has 0 saturated carbocycles. The van der Waals surface area contributed by atoms with Gasteiger partial charge in [-0.05, 0) is 19.4 Å². The number of nitrogens with one attached hydrogen (secondary N) is 1. The molecule has 0 unspecified atom stereocenters. The SMILES string of the molecule is NCCCCCCc1nc2cc(F)c(F)cc2[nH]1. The molecule has 0 aliphatic heterocycles. The minimum Gasteiger partial charge on any atom is -0.342 e. The Hall–Kier alpha value is -1.49. The van der Waals surface area contributed by atoms with Crippen LogP contribution in [0.15, 0.2) is 12.1 Å². The van der Waals surface area contributed by atoms with Crippen molar-refractivity contribution >= 4 is 11.0 Å². The summed E-state index contributed by atoms with van der Waals surface area (Å²) in [6, 6.07) is 2.27. The highest BCUT2D eigenvalue weighted by atomic mass is 19.2. The zero-order chi connectivity index (χ0) is 13.0. The van der Waals surface area contributed by atoms with Gasteiger partial charge in [0.15, 0.2) is 11.6 Å². The molecule has 0 saturated heterocycles. The molecule has 0 bridgehead atoms. The molecule has 1 heterocycles. The third-order valence-electron chi connectivity index (χ3n) is 2.94.